The summed E-state index contributed by atoms with van der Waals surface area (Å²) in [5, 5.41) is 0. The molecule has 3 heterocycles. The van der Waals surface area contributed by atoms with Gasteiger partial charge in [0.1, 0.15) is 0 Å². The van der Waals surface area contributed by atoms with Gasteiger partial charge in [-0.15, -0.1) is 0 Å². The van der Waals surface area contributed by atoms with E-state index in [1.54, 1.807) is 30.5 Å². The van der Waals surface area contributed by atoms with Crippen LogP contribution in [0.25, 0.3) is 0 Å². The number of hydrogen-bond acceptors (Lipinski definition) is 6. The molecule has 1 saturated heterocycles. The molecule has 1 aliphatic heterocycles. The van der Waals surface area contributed by atoms with Gasteiger partial charge in [0.15, 0.2) is 5.76 Å². The van der Waals surface area contributed by atoms with E-state index in [9.17, 15) is 9.59 Å². The molecule has 5 rings (SSSR count). The number of aryl methyl sites for hydroxylation is 1. The summed E-state index contributed by atoms with van der Waals surface area (Å²) < 4.78 is 16.2. The van der Waals surface area contributed by atoms with Gasteiger partial charge in [-0.25, -0.2) is 4.79 Å². The number of nitrogens with zero attached hydrogens (tertiary/aromatic N) is 2. The van der Waals surface area contributed by atoms with Crippen molar-refractivity contribution in [3.63, 3.8) is 0 Å². The van der Waals surface area contributed by atoms with Crippen LogP contribution in [0.2, 0.25) is 0 Å². The number of likely N-dealkylation sites (tertiary alicyclic amines) is 1. The van der Waals surface area contributed by atoms with E-state index in [0.29, 0.717) is 12.4 Å². The highest BCUT2D eigenvalue weighted by atomic mass is 16.5. The normalized spacial score (nSPS) is 18.1. The van der Waals surface area contributed by atoms with Crippen LogP contribution in [0.5, 0.6) is 0 Å². The van der Waals surface area contributed by atoms with Crippen molar-refractivity contribution in [2.45, 2.75) is 70.8 Å². The van der Waals surface area contributed by atoms with Crippen LogP contribution in [-0.2, 0) is 4.74 Å². The Morgan fingerprint density at radius 1 is 0.923 bits per heavy atom. The number of furan rings is 2. The molecule has 7 nitrogen and oxygen atoms in total. The summed E-state index contributed by atoms with van der Waals surface area (Å²) >= 11 is 0. The summed E-state index contributed by atoms with van der Waals surface area (Å²) in [5.41, 5.74) is 2.32. The van der Waals surface area contributed by atoms with E-state index in [0.717, 1.165) is 51.0 Å². The largest absolute Gasteiger partial charge is 0.460 e. The smallest absolute Gasteiger partial charge is 0.374 e. The Balaban J connectivity index is 1.17. The standard InChI is InChI=1S/C32H40N2O5/c1-25-9-11-26(12-10-25)34(30(35)28-7-5-22-37-28)27-13-19-33(20-14-27)21-17-32(15-3-2-4-16-32)18-24-39-31(36)29-8-6-23-38-29/h5-12,22-23,27H,2-4,13-21,24H2,1H3. The minimum absolute atomic E-state index is 0.0763. The maximum absolute atomic E-state index is 13.4. The lowest BCUT2D eigenvalue weighted by molar-refractivity contribution is 0.0338. The second kappa shape index (κ2) is 12.7. The minimum atomic E-state index is -0.379. The fourth-order valence-corrected chi connectivity index (χ4v) is 6.27. The van der Waals surface area contributed by atoms with Crippen molar-refractivity contribution in [1.82, 2.24) is 4.90 Å². The molecule has 0 radical (unpaired) electrons. The van der Waals surface area contributed by atoms with Crippen LogP contribution < -0.4 is 4.90 Å². The van der Waals surface area contributed by atoms with Gasteiger partial charge in [0.05, 0.1) is 19.1 Å². The van der Waals surface area contributed by atoms with Gasteiger partial charge in [-0.3, -0.25) is 4.79 Å². The Labute approximate surface area is 231 Å². The average molecular weight is 533 g/mol. The zero-order valence-electron chi connectivity index (χ0n) is 23.0. The van der Waals surface area contributed by atoms with Crippen molar-refractivity contribution in [1.29, 1.82) is 0 Å². The highest BCUT2D eigenvalue weighted by Crippen LogP contribution is 2.42. The number of ether oxygens (including phenoxy) is 1. The van der Waals surface area contributed by atoms with E-state index in [4.69, 9.17) is 13.6 Å². The number of anilines is 1. The van der Waals surface area contributed by atoms with Crippen molar-refractivity contribution in [2.75, 3.05) is 31.1 Å². The first-order valence-corrected chi connectivity index (χ1v) is 14.4. The lowest BCUT2D eigenvalue weighted by Crippen LogP contribution is -2.48. The number of rotatable bonds is 10. The summed E-state index contributed by atoms with van der Waals surface area (Å²) in [6.45, 7) is 5.45. The van der Waals surface area contributed by atoms with Gasteiger partial charge in [0, 0.05) is 24.8 Å². The SMILES string of the molecule is Cc1ccc(N(C(=O)c2ccco2)C2CCN(CCC3(CCOC(=O)c4ccco4)CCCCC3)CC2)cc1. The third-order valence-corrected chi connectivity index (χ3v) is 8.65. The minimum Gasteiger partial charge on any atom is -0.460 e. The third-order valence-electron chi connectivity index (χ3n) is 8.65. The molecule has 1 saturated carbocycles. The summed E-state index contributed by atoms with van der Waals surface area (Å²) in [5.74, 6) is 0.189. The monoisotopic (exact) mass is 532 g/mol. The number of benzene rings is 1. The molecule has 7 heteroatoms. The molecule has 3 aromatic rings. The Bertz CT molecular complexity index is 1170. The summed E-state index contributed by atoms with van der Waals surface area (Å²) in [6.07, 6.45) is 13.1. The molecule has 0 N–H and O–H groups in total. The molecule has 2 aliphatic rings. The molecule has 0 spiro atoms. The van der Waals surface area contributed by atoms with Gasteiger partial charge in [-0.05, 0) is 93.8 Å². The van der Waals surface area contributed by atoms with E-state index in [1.165, 1.54) is 43.9 Å². The number of esters is 1. The topological polar surface area (TPSA) is 76.1 Å². The predicted molar refractivity (Wildman–Crippen MR) is 150 cm³/mol. The maximum atomic E-state index is 13.4. The molecule has 39 heavy (non-hydrogen) atoms. The Morgan fingerprint density at radius 2 is 1.59 bits per heavy atom. The zero-order valence-corrected chi connectivity index (χ0v) is 23.0. The summed E-state index contributed by atoms with van der Waals surface area (Å²) in [6, 6.07) is 15.2. The average Bonchev–Trinajstić information content (AvgIpc) is 3.70. The van der Waals surface area contributed by atoms with Crippen molar-refractivity contribution < 1.29 is 23.2 Å². The number of amides is 1. The molecule has 1 aliphatic carbocycles. The van der Waals surface area contributed by atoms with Crippen molar-refractivity contribution in [2.24, 2.45) is 5.41 Å². The molecular weight excluding hydrogens is 492 g/mol. The summed E-state index contributed by atoms with van der Waals surface area (Å²) in [7, 11) is 0. The summed E-state index contributed by atoms with van der Waals surface area (Å²) in [4.78, 5) is 30.2. The molecule has 208 valence electrons. The van der Waals surface area contributed by atoms with Gasteiger partial charge >= 0.3 is 5.97 Å². The fourth-order valence-electron chi connectivity index (χ4n) is 6.27. The molecule has 2 aromatic heterocycles. The second-order valence-electron chi connectivity index (χ2n) is 11.2. The van der Waals surface area contributed by atoms with Gasteiger partial charge in [-0.2, -0.15) is 0 Å². The Kier molecular flexibility index (Phi) is 8.87. The number of carbonyl (C=O) groups excluding carboxylic acids is 2. The molecule has 0 bridgehead atoms. The number of hydrogen-bond donors (Lipinski definition) is 0. The van der Waals surface area contributed by atoms with Crippen LogP contribution in [-0.4, -0.2) is 49.1 Å². The van der Waals surface area contributed by atoms with E-state index < -0.39 is 0 Å². The first-order valence-electron chi connectivity index (χ1n) is 14.4. The molecular formula is C32H40N2O5. The quantitative estimate of drug-likeness (QED) is 0.265. The lowest BCUT2D eigenvalue weighted by atomic mass is 9.69. The zero-order chi connectivity index (χ0) is 27.1. The van der Waals surface area contributed by atoms with Crippen molar-refractivity contribution in [3.8, 4) is 0 Å². The first-order chi connectivity index (χ1) is 19.0. The van der Waals surface area contributed by atoms with Gasteiger partial charge in [0.2, 0.25) is 5.76 Å². The number of piperidine rings is 1. The number of carbonyl (C=O) groups is 2. The van der Waals surface area contributed by atoms with Crippen molar-refractivity contribution >= 4 is 17.6 Å². The molecule has 2 fully saturated rings. The van der Waals surface area contributed by atoms with Crippen LogP contribution >= 0.6 is 0 Å². The molecule has 1 aromatic carbocycles. The van der Waals surface area contributed by atoms with Gasteiger partial charge < -0.3 is 23.4 Å². The first kappa shape index (κ1) is 27.3. The third kappa shape index (κ3) is 6.82. The van der Waals surface area contributed by atoms with Crippen LogP contribution in [0.3, 0.4) is 0 Å². The fraction of sp³-hybridized carbons (Fsp3) is 0.500. The van der Waals surface area contributed by atoms with Crippen LogP contribution in [0.15, 0.2) is 69.9 Å². The molecule has 0 unspecified atom stereocenters. The van der Waals surface area contributed by atoms with Gasteiger partial charge in [-0.1, -0.05) is 37.0 Å². The Morgan fingerprint density at radius 3 is 2.23 bits per heavy atom. The van der Waals surface area contributed by atoms with Crippen LogP contribution in [0.1, 0.15) is 84.5 Å². The molecule has 1 amide bonds. The van der Waals surface area contributed by atoms with E-state index in [1.807, 2.05) is 17.0 Å². The predicted octanol–water partition coefficient (Wildman–Crippen LogP) is 6.88. The van der Waals surface area contributed by atoms with Gasteiger partial charge in [0.25, 0.3) is 5.91 Å². The Hall–Kier alpha value is -3.32. The van der Waals surface area contributed by atoms with Crippen molar-refractivity contribution in [3.05, 3.63) is 78.1 Å². The second-order valence-corrected chi connectivity index (χ2v) is 11.2. The maximum Gasteiger partial charge on any atom is 0.374 e. The van der Waals surface area contributed by atoms with E-state index in [2.05, 4.69) is 24.0 Å². The van der Waals surface area contributed by atoms with Crippen LogP contribution in [0, 0.1) is 12.3 Å². The van der Waals surface area contributed by atoms with E-state index in [-0.39, 0.29) is 29.1 Å². The van der Waals surface area contributed by atoms with E-state index >= 15 is 0 Å². The lowest BCUT2D eigenvalue weighted by Gasteiger charge is -2.41. The highest BCUT2D eigenvalue weighted by Gasteiger charge is 2.35. The molecule has 0 atom stereocenters. The highest BCUT2D eigenvalue weighted by molar-refractivity contribution is 6.04. The van der Waals surface area contributed by atoms with Crippen LogP contribution in [0.4, 0.5) is 5.69 Å².